The van der Waals surface area contributed by atoms with Crippen molar-refractivity contribution in [1.82, 2.24) is 14.5 Å². The van der Waals surface area contributed by atoms with Crippen molar-refractivity contribution in [3.63, 3.8) is 0 Å². The van der Waals surface area contributed by atoms with Gasteiger partial charge in [0.25, 0.3) is 0 Å². The van der Waals surface area contributed by atoms with Crippen LogP contribution in [0, 0.1) is 0 Å². The maximum Gasteiger partial charge on any atom is 0.242 e. The van der Waals surface area contributed by atoms with Gasteiger partial charge in [-0.25, -0.2) is 12.7 Å². The largest absolute Gasteiger partial charge is 0.398 e. The monoisotopic (exact) mass is 316 g/mol. The van der Waals surface area contributed by atoms with E-state index < -0.39 is 10.0 Å². The first kappa shape index (κ1) is 14.3. The van der Waals surface area contributed by atoms with E-state index in [-0.39, 0.29) is 4.90 Å². The molecule has 19 heavy (non-hydrogen) atoms. The molecule has 0 bridgehead atoms. The number of anilines is 1. The average molecular weight is 316 g/mol. The molecule has 2 aromatic rings. The third-order valence-corrected chi connectivity index (χ3v) is 5.98. The Hall–Kier alpha value is -1.16. The number of nitrogen functional groups attached to an aromatic ring is 1. The molecule has 0 atom stereocenters. The van der Waals surface area contributed by atoms with Gasteiger partial charge in [-0.1, -0.05) is 23.1 Å². The molecular weight excluding hydrogens is 304 g/mol. The summed E-state index contributed by atoms with van der Waals surface area (Å²) in [6, 6.07) is 4.67. The van der Waals surface area contributed by atoms with Crippen molar-refractivity contribution in [2.45, 2.75) is 14.1 Å². The Balaban J connectivity index is 2.32. The molecule has 2 N–H and O–H groups in total. The number of aromatic nitrogens is 2. The molecule has 0 saturated carbocycles. The zero-order valence-corrected chi connectivity index (χ0v) is 12.7. The summed E-state index contributed by atoms with van der Waals surface area (Å²) in [5, 5.41) is 7.63. The number of nitrogens with two attached hydrogens (primary N) is 1. The Morgan fingerprint density at radius 2 is 2.11 bits per heavy atom. The van der Waals surface area contributed by atoms with E-state index in [1.54, 1.807) is 11.6 Å². The highest BCUT2D eigenvalue weighted by molar-refractivity contribution is 8.01. The fourth-order valence-corrected chi connectivity index (χ4v) is 3.69. The average Bonchev–Trinajstić information content (AvgIpc) is 2.84. The van der Waals surface area contributed by atoms with Crippen LogP contribution in [-0.2, 0) is 10.0 Å². The van der Waals surface area contributed by atoms with E-state index in [2.05, 4.69) is 10.2 Å². The lowest BCUT2D eigenvalue weighted by molar-refractivity contribution is 0.520. The van der Waals surface area contributed by atoms with E-state index in [1.165, 1.54) is 49.3 Å². The Morgan fingerprint density at radius 1 is 1.37 bits per heavy atom. The summed E-state index contributed by atoms with van der Waals surface area (Å²) in [6.45, 7) is 0. The van der Waals surface area contributed by atoms with E-state index in [0.29, 0.717) is 5.69 Å². The summed E-state index contributed by atoms with van der Waals surface area (Å²) in [4.78, 5) is 0.936. The molecule has 0 saturated heterocycles. The van der Waals surface area contributed by atoms with Gasteiger partial charge in [-0.15, -0.1) is 10.2 Å². The van der Waals surface area contributed by atoms with Crippen LogP contribution < -0.4 is 5.73 Å². The van der Waals surface area contributed by atoms with Crippen molar-refractivity contribution in [2.75, 3.05) is 19.8 Å². The lowest BCUT2D eigenvalue weighted by Gasteiger charge is -2.12. The van der Waals surface area contributed by atoms with Crippen molar-refractivity contribution in [2.24, 2.45) is 0 Å². The maximum absolute atomic E-state index is 12.0. The number of benzene rings is 1. The van der Waals surface area contributed by atoms with E-state index in [1.807, 2.05) is 0 Å². The summed E-state index contributed by atoms with van der Waals surface area (Å²) >= 11 is 2.76. The predicted molar refractivity (Wildman–Crippen MR) is 75.8 cm³/mol. The van der Waals surface area contributed by atoms with Gasteiger partial charge < -0.3 is 5.73 Å². The van der Waals surface area contributed by atoms with E-state index in [4.69, 9.17) is 5.73 Å². The standard InChI is InChI=1S/C10H12N4O2S3/c1-14(2)19(15,16)7-3-4-9(8(11)5-7)18-10-13-12-6-17-10/h3-6H,11H2,1-2H3. The molecule has 9 heteroatoms. The molecule has 0 amide bonds. The zero-order chi connectivity index (χ0) is 14.0. The summed E-state index contributed by atoms with van der Waals surface area (Å²) < 4.78 is 25.8. The summed E-state index contributed by atoms with van der Waals surface area (Å²) in [5.74, 6) is 0. The number of nitrogens with zero attached hydrogens (tertiary/aromatic N) is 3. The van der Waals surface area contributed by atoms with Gasteiger partial charge in [-0.3, -0.25) is 0 Å². The quantitative estimate of drug-likeness (QED) is 0.860. The Bertz CT molecular complexity index is 668. The third kappa shape index (κ3) is 3.06. The number of hydrogen-bond donors (Lipinski definition) is 1. The second kappa shape index (κ2) is 5.45. The first-order valence-electron chi connectivity index (χ1n) is 5.17. The molecular formula is C10H12N4O2S3. The fourth-order valence-electron chi connectivity index (χ4n) is 1.29. The van der Waals surface area contributed by atoms with Crippen LogP contribution in [0.3, 0.4) is 0 Å². The van der Waals surface area contributed by atoms with Crippen molar-refractivity contribution in [1.29, 1.82) is 0 Å². The molecule has 1 heterocycles. The molecule has 0 fully saturated rings. The van der Waals surface area contributed by atoms with Gasteiger partial charge in [0.15, 0.2) is 4.34 Å². The molecule has 0 aliphatic heterocycles. The van der Waals surface area contributed by atoms with Crippen LogP contribution in [0.15, 0.2) is 37.8 Å². The lowest BCUT2D eigenvalue weighted by Crippen LogP contribution is -2.22. The Morgan fingerprint density at radius 3 is 2.63 bits per heavy atom. The highest BCUT2D eigenvalue weighted by Crippen LogP contribution is 2.34. The molecule has 2 rings (SSSR count). The number of hydrogen-bond acceptors (Lipinski definition) is 7. The van der Waals surface area contributed by atoms with Gasteiger partial charge in [0.05, 0.1) is 4.90 Å². The lowest BCUT2D eigenvalue weighted by atomic mass is 10.3. The van der Waals surface area contributed by atoms with Gasteiger partial charge in [0.2, 0.25) is 10.0 Å². The topological polar surface area (TPSA) is 89.2 Å². The van der Waals surface area contributed by atoms with Gasteiger partial charge >= 0.3 is 0 Å². The van der Waals surface area contributed by atoms with Crippen molar-refractivity contribution in [3.05, 3.63) is 23.7 Å². The van der Waals surface area contributed by atoms with Crippen molar-refractivity contribution < 1.29 is 8.42 Å². The predicted octanol–water partition coefficient (Wildman–Crippen LogP) is 1.52. The Kier molecular flexibility index (Phi) is 4.09. The van der Waals surface area contributed by atoms with Crippen molar-refractivity contribution >= 4 is 38.8 Å². The minimum absolute atomic E-state index is 0.177. The van der Waals surface area contributed by atoms with E-state index >= 15 is 0 Å². The second-order valence-electron chi connectivity index (χ2n) is 3.79. The van der Waals surface area contributed by atoms with Crippen LogP contribution in [0.2, 0.25) is 0 Å². The molecule has 102 valence electrons. The van der Waals surface area contributed by atoms with Gasteiger partial charge in [0, 0.05) is 24.7 Å². The molecule has 0 unspecified atom stereocenters. The summed E-state index contributed by atoms with van der Waals surface area (Å²) in [6.07, 6.45) is 0. The van der Waals surface area contributed by atoms with Crippen molar-refractivity contribution in [3.8, 4) is 0 Å². The van der Waals surface area contributed by atoms with E-state index in [0.717, 1.165) is 13.5 Å². The molecule has 0 aliphatic carbocycles. The first-order valence-corrected chi connectivity index (χ1v) is 8.31. The molecule has 1 aromatic carbocycles. The van der Waals surface area contributed by atoms with Gasteiger partial charge in [-0.2, -0.15) is 0 Å². The first-order chi connectivity index (χ1) is 8.91. The highest BCUT2D eigenvalue weighted by atomic mass is 32.2. The minimum Gasteiger partial charge on any atom is -0.398 e. The summed E-state index contributed by atoms with van der Waals surface area (Å²) in [5.41, 5.74) is 7.92. The minimum atomic E-state index is -3.46. The van der Waals surface area contributed by atoms with Crippen LogP contribution in [0.4, 0.5) is 5.69 Å². The molecule has 0 aliphatic rings. The van der Waals surface area contributed by atoms with Crippen LogP contribution >= 0.6 is 23.1 Å². The SMILES string of the molecule is CN(C)S(=O)(=O)c1ccc(Sc2nncs2)c(N)c1. The zero-order valence-electron chi connectivity index (χ0n) is 10.3. The van der Waals surface area contributed by atoms with Gasteiger partial charge in [0.1, 0.15) is 5.51 Å². The summed E-state index contributed by atoms with van der Waals surface area (Å²) in [7, 11) is -0.496. The van der Waals surface area contributed by atoms with Crippen LogP contribution in [0.5, 0.6) is 0 Å². The van der Waals surface area contributed by atoms with Gasteiger partial charge in [-0.05, 0) is 18.2 Å². The second-order valence-corrected chi connectivity index (χ2v) is 8.07. The normalized spacial score (nSPS) is 11.9. The fraction of sp³-hybridized carbons (Fsp3) is 0.200. The highest BCUT2D eigenvalue weighted by Gasteiger charge is 2.18. The van der Waals surface area contributed by atoms with E-state index in [9.17, 15) is 8.42 Å². The molecule has 0 radical (unpaired) electrons. The molecule has 0 spiro atoms. The van der Waals surface area contributed by atoms with Crippen LogP contribution in [0.25, 0.3) is 0 Å². The maximum atomic E-state index is 12.0. The Labute approximate surface area is 119 Å². The number of rotatable bonds is 4. The molecule has 1 aromatic heterocycles. The van der Waals surface area contributed by atoms with Crippen LogP contribution in [0.1, 0.15) is 0 Å². The third-order valence-electron chi connectivity index (χ3n) is 2.30. The number of sulfonamides is 1. The smallest absolute Gasteiger partial charge is 0.242 e. The van der Waals surface area contributed by atoms with Crippen LogP contribution in [-0.4, -0.2) is 37.0 Å². The molecule has 6 nitrogen and oxygen atoms in total.